The van der Waals surface area contributed by atoms with Crippen LogP contribution in [0.4, 0.5) is 0 Å². The Bertz CT molecular complexity index is 964. The summed E-state index contributed by atoms with van der Waals surface area (Å²) >= 11 is 5.97. The van der Waals surface area contributed by atoms with Gasteiger partial charge in [0.25, 0.3) is 0 Å². The number of hydrogen-bond acceptors (Lipinski definition) is 7. The number of halogens is 1. The Labute approximate surface area is 173 Å². The Kier molecular flexibility index (Phi) is 8.07. The SMILES string of the molecule is CCOC(=O)/C(C#N)=C/c1ccc(OC(=O)COc2ccccc2Cl)c(OC)c1. The molecule has 0 fully saturated rings. The number of nitrogens with zero attached hydrogens (tertiary/aromatic N) is 1. The quantitative estimate of drug-likeness (QED) is 0.280. The Morgan fingerprint density at radius 2 is 1.90 bits per heavy atom. The molecule has 8 heteroatoms. The third-order valence-corrected chi connectivity index (χ3v) is 3.83. The fraction of sp³-hybridized carbons (Fsp3) is 0.190. The Balaban J connectivity index is 2.10. The van der Waals surface area contributed by atoms with Crippen molar-refractivity contribution in [3.05, 3.63) is 58.6 Å². The highest BCUT2D eigenvalue weighted by atomic mass is 35.5. The molecule has 0 heterocycles. The predicted octanol–water partition coefficient (Wildman–Crippen LogP) is 3.80. The van der Waals surface area contributed by atoms with E-state index in [0.717, 1.165) is 0 Å². The number of hydrogen-bond donors (Lipinski definition) is 0. The van der Waals surface area contributed by atoms with Gasteiger partial charge in [-0.2, -0.15) is 5.26 Å². The number of rotatable bonds is 8. The molecule has 0 amide bonds. The summed E-state index contributed by atoms with van der Waals surface area (Å²) in [5.74, 6) is -0.614. The monoisotopic (exact) mass is 415 g/mol. The molecule has 0 saturated heterocycles. The molecule has 2 aromatic carbocycles. The van der Waals surface area contributed by atoms with Gasteiger partial charge in [-0.3, -0.25) is 0 Å². The molecule has 0 N–H and O–H groups in total. The summed E-state index contributed by atoms with van der Waals surface area (Å²) in [6, 6.07) is 13.1. The lowest BCUT2D eigenvalue weighted by Crippen LogP contribution is -2.18. The van der Waals surface area contributed by atoms with E-state index in [1.165, 1.54) is 25.3 Å². The fourth-order valence-electron chi connectivity index (χ4n) is 2.22. The Morgan fingerprint density at radius 3 is 2.55 bits per heavy atom. The van der Waals surface area contributed by atoms with Gasteiger partial charge in [0.05, 0.1) is 18.7 Å². The van der Waals surface area contributed by atoms with Gasteiger partial charge in [0.15, 0.2) is 18.1 Å². The van der Waals surface area contributed by atoms with E-state index in [1.54, 1.807) is 43.3 Å². The van der Waals surface area contributed by atoms with Crippen molar-refractivity contribution in [3.8, 4) is 23.3 Å². The van der Waals surface area contributed by atoms with Crippen molar-refractivity contribution < 1.29 is 28.5 Å². The van der Waals surface area contributed by atoms with Crippen LogP contribution in [0.2, 0.25) is 5.02 Å². The van der Waals surface area contributed by atoms with Crippen LogP contribution in [0.1, 0.15) is 12.5 Å². The Morgan fingerprint density at radius 1 is 1.14 bits per heavy atom. The number of carbonyl (C=O) groups is 2. The minimum Gasteiger partial charge on any atom is -0.493 e. The van der Waals surface area contributed by atoms with Crippen molar-refractivity contribution in [1.29, 1.82) is 5.26 Å². The first kappa shape index (κ1) is 21.8. The lowest BCUT2D eigenvalue weighted by molar-refractivity contribution is -0.138. The van der Waals surface area contributed by atoms with Crippen molar-refractivity contribution in [1.82, 2.24) is 0 Å². The van der Waals surface area contributed by atoms with E-state index in [-0.39, 0.29) is 30.3 Å². The normalized spacial score (nSPS) is 10.6. The van der Waals surface area contributed by atoms with Crippen LogP contribution in [-0.4, -0.2) is 32.3 Å². The lowest BCUT2D eigenvalue weighted by atomic mass is 10.1. The van der Waals surface area contributed by atoms with E-state index < -0.39 is 11.9 Å². The highest BCUT2D eigenvalue weighted by molar-refractivity contribution is 6.32. The molecule has 0 radical (unpaired) electrons. The molecule has 2 rings (SSSR count). The van der Waals surface area contributed by atoms with Crippen LogP contribution in [0, 0.1) is 11.3 Å². The molecule has 0 saturated carbocycles. The zero-order valence-corrected chi connectivity index (χ0v) is 16.6. The molecule has 0 aliphatic heterocycles. The molecule has 29 heavy (non-hydrogen) atoms. The van der Waals surface area contributed by atoms with E-state index in [9.17, 15) is 9.59 Å². The average molecular weight is 416 g/mol. The summed E-state index contributed by atoms with van der Waals surface area (Å²) in [7, 11) is 1.40. The van der Waals surface area contributed by atoms with E-state index in [4.69, 9.17) is 35.8 Å². The smallest absolute Gasteiger partial charge is 0.349 e. The number of nitriles is 1. The van der Waals surface area contributed by atoms with Crippen molar-refractivity contribution in [2.75, 3.05) is 20.3 Å². The summed E-state index contributed by atoms with van der Waals surface area (Å²) in [6.45, 7) is 1.46. The summed E-state index contributed by atoms with van der Waals surface area (Å²) in [6.07, 6.45) is 1.35. The van der Waals surface area contributed by atoms with Gasteiger partial charge in [0, 0.05) is 0 Å². The number of para-hydroxylation sites is 1. The van der Waals surface area contributed by atoms with Gasteiger partial charge in [-0.05, 0) is 42.8 Å². The molecular formula is C21H18ClNO6. The second-order valence-electron chi connectivity index (χ2n) is 5.49. The van der Waals surface area contributed by atoms with Gasteiger partial charge >= 0.3 is 11.9 Å². The number of methoxy groups -OCH3 is 1. The largest absolute Gasteiger partial charge is 0.493 e. The minimum absolute atomic E-state index is 0.159. The maximum Gasteiger partial charge on any atom is 0.349 e. The molecule has 0 aliphatic carbocycles. The van der Waals surface area contributed by atoms with Crippen LogP contribution >= 0.6 is 11.6 Å². The first-order valence-electron chi connectivity index (χ1n) is 8.53. The zero-order chi connectivity index (χ0) is 21.2. The van der Waals surface area contributed by atoms with Gasteiger partial charge in [0.2, 0.25) is 0 Å². The van der Waals surface area contributed by atoms with E-state index in [2.05, 4.69) is 0 Å². The standard InChI is InChI=1S/C21H18ClNO6/c1-3-27-21(25)15(12-23)10-14-8-9-18(19(11-14)26-2)29-20(24)13-28-17-7-5-4-6-16(17)22/h4-11H,3,13H2,1-2H3/b15-10+. The maximum absolute atomic E-state index is 12.1. The first-order valence-corrected chi connectivity index (χ1v) is 8.91. The van der Waals surface area contributed by atoms with Crippen LogP contribution < -0.4 is 14.2 Å². The summed E-state index contributed by atoms with van der Waals surface area (Å²) in [5.41, 5.74) is 0.338. The Hall–Kier alpha value is -3.50. The molecule has 0 bridgehead atoms. The third-order valence-electron chi connectivity index (χ3n) is 3.52. The summed E-state index contributed by atoms with van der Waals surface area (Å²) < 4.78 is 20.6. The maximum atomic E-state index is 12.1. The molecule has 2 aromatic rings. The number of benzene rings is 2. The molecular weight excluding hydrogens is 398 g/mol. The first-order chi connectivity index (χ1) is 14.0. The second-order valence-corrected chi connectivity index (χ2v) is 5.90. The molecule has 0 aliphatic rings. The van der Waals surface area contributed by atoms with Crippen molar-refractivity contribution in [2.45, 2.75) is 6.92 Å². The molecule has 0 spiro atoms. The van der Waals surface area contributed by atoms with Gasteiger partial charge < -0.3 is 18.9 Å². The minimum atomic E-state index is -0.721. The van der Waals surface area contributed by atoms with Crippen LogP contribution in [0.3, 0.4) is 0 Å². The third kappa shape index (κ3) is 6.26. The highest BCUT2D eigenvalue weighted by Crippen LogP contribution is 2.29. The van der Waals surface area contributed by atoms with E-state index in [1.807, 2.05) is 0 Å². The zero-order valence-electron chi connectivity index (χ0n) is 15.8. The van der Waals surface area contributed by atoms with Crippen LogP contribution in [0.15, 0.2) is 48.0 Å². The van der Waals surface area contributed by atoms with Crippen LogP contribution in [-0.2, 0) is 14.3 Å². The summed E-state index contributed by atoms with van der Waals surface area (Å²) in [5, 5.41) is 9.49. The number of ether oxygens (including phenoxy) is 4. The highest BCUT2D eigenvalue weighted by Gasteiger charge is 2.14. The van der Waals surface area contributed by atoms with Crippen molar-refractivity contribution in [2.24, 2.45) is 0 Å². The lowest BCUT2D eigenvalue weighted by Gasteiger charge is -2.11. The van der Waals surface area contributed by atoms with Crippen LogP contribution in [0.5, 0.6) is 17.2 Å². The topological polar surface area (TPSA) is 94.9 Å². The molecule has 7 nitrogen and oxygen atoms in total. The number of carbonyl (C=O) groups excluding carboxylic acids is 2. The van der Waals surface area contributed by atoms with Crippen LogP contribution in [0.25, 0.3) is 6.08 Å². The van der Waals surface area contributed by atoms with Gasteiger partial charge in [0.1, 0.15) is 17.4 Å². The average Bonchev–Trinajstić information content (AvgIpc) is 2.72. The molecule has 150 valence electrons. The predicted molar refractivity (Wildman–Crippen MR) is 106 cm³/mol. The van der Waals surface area contributed by atoms with Gasteiger partial charge in [-0.15, -0.1) is 0 Å². The van der Waals surface area contributed by atoms with Gasteiger partial charge in [-0.1, -0.05) is 29.8 Å². The molecule has 0 atom stereocenters. The van der Waals surface area contributed by atoms with Crippen molar-refractivity contribution in [3.63, 3.8) is 0 Å². The summed E-state index contributed by atoms with van der Waals surface area (Å²) in [4.78, 5) is 23.8. The molecule has 0 unspecified atom stereocenters. The second kappa shape index (κ2) is 10.7. The van der Waals surface area contributed by atoms with Gasteiger partial charge in [-0.25, -0.2) is 9.59 Å². The van der Waals surface area contributed by atoms with E-state index >= 15 is 0 Å². The number of esters is 2. The fourth-order valence-corrected chi connectivity index (χ4v) is 2.41. The molecule has 0 aromatic heterocycles. The van der Waals surface area contributed by atoms with E-state index in [0.29, 0.717) is 16.3 Å². The van der Waals surface area contributed by atoms with Crippen molar-refractivity contribution >= 4 is 29.6 Å².